The Kier molecular flexibility index (Phi) is 8.98. The number of rotatable bonds is 7. The molecule has 0 saturated carbocycles. The third-order valence-corrected chi connectivity index (χ3v) is 4.34. The summed E-state index contributed by atoms with van der Waals surface area (Å²) in [6, 6.07) is 17.8. The predicted octanol–water partition coefficient (Wildman–Crippen LogP) is 3.99. The van der Waals surface area contributed by atoms with E-state index in [1.165, 1.54) is 0 Å². The number of methoxy groups -OCH3 is 1. The summed E-state index contributed by atoms with van der Waals surface area (Å²) in [6.45, 7) is 3.24. The molecule has 1 aromatic heterocycles. The Labute approximate surface area is 188 Å². The second-order valence-electron chi connectivity index (χ2n) is 6.38. The molecule has 29 heavy (non-hydrogen) atoms. The summed E-state index contributed by atoms with van der Waals surface area (Å²) in [4.78, 5) is 8.78. The van der Waals surface area contributed by atoms with Gasteiger partial charge in [-0.3, -0.25) is 9.98 Å². The Bertz CT molecular complexity index is 944. The summed E-state index contributed by atoms with van der Waals surface area (Å²) >= 11 is 0. The van der Waals surface area contributed by atoms with E-state index in [9.17, 15) is 0 Å². The summed E-state index contributed by atoms with van der Waals surface area (Å²) < 4.78 is 11.3. The molecule has 0 fully saturated rings. The van der Waals surface area contributed by atoms with Crippen LogP contribution in [0.25, 0.3) is 10.9 Å². The highest BCUT2D eigenvalue weighted by molar-refractivity contribution is 14.0. The number of aromatic nitrogens is 1. The molecule has 0 aliphatic rings. The fourth-order valence-corrected chi connectivity index (χ4v) is 2.92. The number of nitrogens with one attached hydrogen (secondary N) is 2. The van der Waals surface area contributed by atoms with Crippen LogP contribution in [-0.4, -0.2) is 37.7 Å². The lowest BCUT2D eigenvalue weighted by Gasteiger charge is -2.19. The minimum atomic E-state index is -0.0610. The number of ether oxygens (including phenoxy) is 2. The van der Waals surface area contributed by atoms with E-state index in [0.717, 1.165) is 28.0 Å². The SMILES string of the molecule is CN=C(NCc1cccc2cccnc12)NCC(C)Oc1ccccc1OC.I. The highest BCUT2D eigenvalue weighted by Gasteiger charge is 2.10. The zero-order valence-corrected chi connectivity index (χ0v) is 19.2. The van der Waals surface area contributed by atoms with Crippen molar-refractivity contribution in [3.63, 3.8) is 0 Å². The van der Waals surface area contributed by atoms with Crippen LogP contribution in [-0.2, 0) is 6.54 Å². The van der Waals surface area contributed by atoms with Gasteiger partial charge in [-0.05, 0) is 30.7 Å². The van der Waals surface area contributed by atoms with Crippen LogP contribution in [0.1, 0.15) is 12.5 Å². The minimum Gasteiger partial charge on any atom is -0.493 e. The Morgan fingerprint density at radius 3 is 2.55 bits per heavy atom. The zero-order valence-electron chi connectivity index (χ0n) is 16.9. The lowest BCUT2D eigenvalue weighted by atomic mass is 10.1. The lowest BCUT2D eigenvalue weighted by Crippen LogP contribution is -2.41. The third kappa shape index (κ3) is 6.22. The first-order valence-corrected chi connectivity index (χ1v) is 9.28. The van der Waals surface area contributed by atoms with Gasteiger partial charge in [0.2, 0.25) is 0 Å². The van der Waals surface area contributed by atoms with E-state index in [1.807, 2.05) is 49.5 Å². The molecule has 0 aliphatic heterocycles. The molecule has 2 aromatic carbocycles. The number of benzene rings is 2. The van der Waals surface area contributed by atoms with Crippen LogP contribution in [0, 0.1) is 0 Å². The summed E-state index contributed by atoms with van der Waals surface area (Å²) in [6.07, 6.45) is 1.75. The van der Waals surface area contributed by atoms with Crippen molar-refractivity contribution in [2.45, 2.75) is 19.6 Å². The molecular formula is C22H27IN4O2. The van der Waals surface area contributed by atoms with Crippen molar-refractivity contribution in [3.8, 4) is 11.5 Å². The van der Waals surface area contributed by atoms with E-state index < -0.39 is 0 Å². The number of aliphatic imine (C=N–C) groups is 1. The smallest absolute Gasteiger partial charge is 0.191 e. The van der Waals surface area contributed by atoms with Crippen LogP contribution < -0.4 is 20.1 Å². The maximum absolute atomic E-state index is 5.97. The number of nitrogens with zero attached hydrogens (tertiary/aromatic N) is 2. The van der Waals surface area contributed by atoms with Gasteiger partial charge < -0.3 is 20.1 Å². The molecular weight excluding hydrogens is 479 g/mol. The van der Waals surface area contributed by atoms with Crippen LogP contribution in [0.15, 0.2) is 65.8 Å². The fourth-order valence-electron chi connectivity index (χ4n) is 2.92. The first-order valence-electron chi connectivity index (χ1n) is 9.28. The van der Waals surface area contributed by atoms with E-state index in [-0.39, 0.29) is 30.1 Å². The maximum atomic E-state index is 5.97. The predicted molar refractivity (Wildman–Crippen MR) is 128 cm³/mol. The first-order chi connectivity index (χ1) is 13.7. The van der Waals surface area contributed by atoms with Gasteiger partial charge in [-0.25, -0.2) is 0 Å². The number of guanidine groups is 1. The lowest BCUT2D eigenvalue weighted by molar-refractivity contribution is 0.213. The van der Waals surface area contributed by atoms with Crippen LogP contribution >= 0.6 is 24.0 Å². The van der Waals surface area contributed by atoms with Gasteiger partial charge in [-0.1, -0.05) is 36.4 Å². The second kappa shape index (κ2) is 11.5. The molecule has 3 aromatic rings. The number of pyridine rings is 1. The summed E-state index contributed by atoms with van der Waals surface area (Å²) in [5, 5.41) is 7.76. The molecule has 0 bridgehead atoms. The van der Waals surface area contributed by atoms with Crippen LogP contribution in [0.5, 0.6) is 11.5 Å². The van der Waals surface area contributed by atoms with Crippen molar-refractivity contribution >= 4 is 40.8 Å². The number of para-hydroxylation sites is 3. The minimum absolute atomic E-state index is 0. The van der Waals surface area contributed by atoms with Crippen molar-refractivity contribution < 1.29 is 9.47 Å². The van der Waals surface area contributed by atoms with Gasteiger partial charge in [0.1, 0.15) is 6.10 Å². The van der Waals surface area contributed by atoms with Crippen molar-refractivity contribution in [2.75, 3.05) is 20.7 Å². The van der Waals surface area contributed by atoms with Crippen LogP contribution in [0.4, 0.5) is 0 Å². The largest absolute Gasteiger partial charge is 0.493 e. The molecule has 0 aliphatic carbocycles. The quantitative estimate of drug-likeness (QED) is 0.288. The summed E-state index contributed by atoms with van der Waals surface area (Å²) in [5.74, 6) is 2.16. The number of hydrogen-bond donors (Lipinski definition) is 2. The van der Waals surface area contributed by atoms with E-state index >= 15 is 0 Å². The van der Waals surface area contributed by atoms with Gasteiger partial charge in [0.05, 0.1) is 19.2 Å². The molecule has 1 unspecified atom stereocenters. The second-order valence-corrected chi connectivity index (χ2v) is 6.38. The van der Waals surface area contributed by atoms with Gasteiger partial charge in [0.25, 0.3) is 0 Å². The first kappa shape index (κ1) is 22.7. The van der Waals surface area contributed by atoms with E-state index in [0.29, 0.717) is 19.0 Å². The van der Waals surface area contributed by atoms with Crippen molar-refractivity contribution in [1.29, 1.82) is 0 Å². The molecule has 0 amide bonds. The summed E-state index contributed by atoms with van der Waals surface area (Å²) in [5.41, 5.74) is 2.13. The van der Waals surface area contributed by atoms with Gasteiger partial charge in [-0.15, -0.1) is 24.0 Å². The van der Waals surface area contributed by atoms with E-state index in [4.69, 9.17) is 9.47 Å². The van der Waals surface area contributed by atoms with Gasteiger partial charge in [0, 0.05) is 25.2 Å². The number of hydrogen-bond acceptors (Lipinski definition) is 4. The Morgan fingerprint density at radius 1 is 1.03 bits per heavy atom. The van der Waals surface area contributed by atoms with Gasteiger partial charge in [-0.2, -0.15) is 0 Å². The standard InChI is InChI=1S/C22H26N4O2.HI/c1-16(28-20-12-5-4-11-19(20)27-3)14-25-22(23-2)26-15-18-9-6-8-17-10-7-13-24-21(17)18;/h4-13,16H,14-15H2,1-3H3,(H2,23,25,26);1H. The molecule has 154 valence electrons. The molecule has 0 saturated heterocycles. The van der Waals surface area contributed by atoms with E-state index in [2.05, 4.69) is 38.8 Å². The highest BCUT2D eigenvalue weighted by atomic mass is 127. The normalized spacial score (nSPS) is 12.0. The topological polar surface area (TPSA) is 67.8 Å². The van der Waals surface area contributed by atoms with Crippen molar-refractivity contribution in [2.24, 2.45) is 4.99 Å². The van der Waals surface area contributed by atoms with Crippen LogP contribution in [0.3, 0.4) is 0 Å². The van der Waals surface area contributed by atoms with Crippen molar-refractivity contribution in [3.05, 3.63) is 66.4 Å². The molecule has 2 N–H and O–H groups in total. The fraction of sp³-hybridized carbons (Fsp3) is 0.273. The number of fused-ring (bicyclic) bond motifs is 1. The monoisotopic (exact) mass is 506 g/mol. The number of halogens is 1. The zero-order chi connectivity index (χ0) is 19.8. The molecule has 0 spiro atoms. The molecule has 1 heterocycles. The molecule has 0 radical (unpaired) electrons. The molecule has 6 nitrogen and oxygen atoms in total. The Balaban J connectivity index is 0.00000300. The average molecular weight is 506 g/mol. The van der Waals surface area contributed by atoms with Gasteiger partial charge >= 0.3 is 0 Å². The summed E-state index contributed by atoms with van der Waals surface area (Å²) in [7, 11) is 3.39. The molecule has 7 heteroatoms. The van der Waals surface area contributed by atoms with E-state index in [1.54, 1.807) is 14.2 Å². The van der Waals surface area contributed by atoms with Gasteiger partial charge in [0.15, 0.2) is 17.5 Å². The van der Waals surface area contributed by atoms with Crippen LogP contribution in [0.2, 0.25) is 0 Å². The Hall–Kier alpha value is -2.55. The Morgan fingerprint density at radius 2 is 1.79 bits per heavy atom. The molecule has 1 atom stereocenters. The highest BCUT2D eigenvalue weighted by Crippen LogP contribution is 2.26. The maximum Gasteiger partial charge on any atom is 0.191 e. The van der Waals surface area contributed by atoms with Crippen molar-refractivity contribution in [1.82, 2.24) is 15.6 Å². The third-order valence-electron chi connectivity index (χ3n) is 4.34. The average Bonchev–Trinajstić information content (AvgIpc) is 2.74. The molecule has 3 rings (SSSR count).